The molecular weight excluding hydrogens is 272 g/mol. The van der Waals surface area contributed by atoms with E-state index in [1.807, 2.05) is 42.6 Å². The molecule has 106 valence electrons. The number of hydrogen-bond donors (Lipinski definition) is 1. The van der Waals surface area contributed by atoms with Gasteiger partial charge in [-0.1, -0.05) is 18.2 Å². The van der Waals surface area contributed by atoms with Crippen LogP contribution in [0, 0.1) is 6.92 Å². The van der Waals surface area contributed by atoms with Crippen LogP contribution in [0.15, 0.2) is 35.7 Å². The molecular formula is C15H18N2O2S. The molecule has 5 heteroatoms. The van der Waals surface area contributed by atoms with E-state index in [0.717, 1.165) is 23.5 Å². The summed E-state index contributed by atoms with van der Waals surface area (Å²) in [6, 6.07) is 9.33. The number of aryl methyl sites for hydroxylation is 2. The predicted octanol–water partition coefficient (Wildman–Crippen LogP) is 2.58. The highest BCUT2D eigenvalue weighted by Crippen LogP contribution is 2.10. The van der Waals surface area contributed by atoms with Crippen LogP contribution in [0.2, 0.25) is 0 Å². The van der Waals surface area contributed by atoms with Gasteiger partial charge in [-0.25, -0.2) is 4.98 Å². The number of aromatic nitrogens is 1. The summed E-state index contributed by atoms with van der Waals surface area (Å²) in [6.45, 7) is 2.69. The van der Waals surface area contributed by atoms with Crippen LogP contribution in [0.5, 0.6) is 5.75 Å². The highest BCUT2D eigenvalue weighted by atomic mass is 32.1. The Morgan fingerprint density at radius 3 is 2.85 bits per heavy atom. The fraction of sp³-hybridized carbons (Fsp3) is 0.333. The predicted molar refractivity (Wildman–Crippen MR) is 80.1 cm³/mol. The summed E-state index contributed by atoms with van der Waals surface area (Å²) < 4.78 is 5.36. The first-order valence-corrected chi connectivity index (χ1v) is 7.47. The topological polar surface area (TPSA) is 51.2 Å². The average molecular weight is 290 g/mol. The normalized spacial score (nSPS) is 10.2. The Bertz CT molecular complexity index is 540. The Kier molecular flexibility index (Phi) is 5.55. The molecule has 4 nitrogen and oxygen atoms in total. The molecule has 0 radical (unpaired) electrons. The number of nitrogens with one attached hydrogen (secondary N) is 1. The van der Waals surface area contributed by atoms with Gasteiger partial charge in [0.05, 0.1) is 5.01 Å². The standard InChI is InChI=1S/C15H18N2O2S/c1-12-11-20-15(17-12)8-5-9-16-14(18)10-19-13-6-3-2-4-7-13/h2-4,6-7,11H,5,8-10H2,1H3,(H,16,18). The molecule has 0 saturated heterocycles. The maximum absolute atomic E-state index is 11.6. The van der Waals surface area contributed by atoms with Crippen LogP contribution in [0.1, 0.15) is 17.1 Å². The molecule has 0 bridgehead atoms. The zero-order chi connectivity index (χ0) is 14.2. The second-order valence-corrected chi connectivity index (χ2v) is 5.38. The van der Waals surface area contributed by atoms with Gasteiger partial charge in [0, 0.05) is 24.0 Å². The van der Waals surface area contributed by atoms with Crippen LogP contribution in [0.4, 0.5) is 0 Å². The van der Waals surface area contributed by atoms with Crippen molar-refractivity contribution in [2.24, 2.45) is 0 Å². The van der Waals surface area contributed by atoms with Gasteiger partial charge < -0.3 is 10.1 Å². The molecule has 0 unspecified atom stereocenters. The van der Waals surface area contributed by atoms with E-state index in [4.69, 9.17) is 4.74 Å². The van der Waals surface area contributed by atoms with E-state index < -0.39 is 0 Å². The number of amides is 1. The Morgan fingerprint density at radius 2 is 2.15 bits per heavy atom. The molecule has 0 atom stereocenters. The maximum Gasteiger partial charge on any atom is 0.257 e. The fourth-order valence-corrected chi connectivity index (χ4v) is 2.52. The summed E-state index contributed by atoms with van der Waals surface area (Å²) in [5, 5.41) is 6.01. The van der Waals surface area contributed by atoms with Crippen molar-refractivity contribution in [3.8, 4) is 5.75 Å². The van der Waals surface area contributed by atoms with E-state index in [2.05, 4.69) is 10.3 Å². The molecule has 20 heavy (non-hydrogen) atoms. The van der Waals surface area contributed by atoms with Crippen LogP contribution in [0.25, 0.3) is 0 Å². The van der Waals surface area contributed by atoms with E-state index in [9.17, 15) is 4.79 Å². The van der Waals surface area contributed by atoms with Gasteiger partial charge in [-0.3, -0.25) is 4.79 Å². The first kappa shape index (κ1) is 14.5. The molecule has 0 fully saturated rings. The molecule has 1 aromatic heterocycles. The van der Waals surface area contributed by atoms with Crippen molar-refractivity contribution in [1.82, 2.24) is 10.3 Å². The molecule has 1 N–H and O–H groups in total. The first-order valence-electron chi connectivity index (χ1n) is 6.59. The van der Waals surface area contributed by atoms with Crippen molar-refractivity contribution in [1.29, 1.82) is 0 Å². The van der Waals surface area contributed by atoms with Gasteiger partial charge in [-0.05, 0) is 25.5 Å². The van der Waals surface area contributed by atoms with Crippen molar-refractivity contribution in [3.05, 3.63) is 46.4 Å². The van der Waals surface area contributed by atoms with Crippen molar-refractivity contribution in [2.75, 3.05) is 13.2 Å². The highest BCUT2D eigenvalue weighted by Gasteiger charge is 2.03. The van der Waals surface area contributed by atoms with Gasteiger partial charge in [0.15, 0.2) is 6.61 Å². The first-order chi connectivity index (χ1) is 9.74. The summed E-state index contributed by atoms with van der Waals surface area (Å²) >= 11 is 1.67. The Hall–Kier alpha value is -1.88. The van der Waals surface area contributed by atoms with Gasteiger partial charge in [0.25, 0.3) is 5.91 Å². The zero-order valence-electron chi connectivity index (χ0n) is 11.5. The summed E-state index contributed by atoms with van der Waals surface area (Å²) in [5.41, 5.74) is 1.06. The number of thiazole rings is 1. The molecule has 1 amide bonds. The molecule has 0 aliphatic carbocycles. The lowest BCUT2D eigenvalue weighted by molar-refractivity contribution is -0.123. The second-order valence-electron chi connectivity index (χ2n) is 4.44. The third-order valence-corrected chi connectivity index (χ3v) is 3.70. The number of rotatable bonds is 7. The largest absolute Gasteiger partial charge is 0.484 e. The smallest absolute Gasteiger partial charge is 0.257 e. The van der Waals surface area contributed by atoms with Gasteiger partial charge in [0.2, 0.25) is 0 Å². The van der Waals surface area contributed by atoms with Crippen LogP contribution in [-0.4, -0.2) is 24.0 Å². The van der Waals surface area contributed by atoms with Crippen molar-refractivity contribution in [3.63, 3.8) is 0 Å². The monoisotopic (exact) mass is 290 g/mol. The molecule has 2 rings (SSSR count). The molecule has 1 heterocycles. The molecule has 0 aliphatic heterocycles. The Morgan fingerprint density at radius 1 is 1.35 bits per heavy atom. The molecule has 0 aliphatic rings. The second kappa shape index (κ2) is 7.65. The zero-order valence-corrected chi connectivity index (χ0v) is 12.3. The van der Waals surface area contributed by atoms with E-state index in [0.29, 0.717) is 12.3 Å². The maximum atomic E-state index is 11.6. The minimum Gasteiger partial charge on any atom is -0.484 e. The van der Waals surface area contributed by atoms with Crippen molar-refractivity contribution >= 4 is 17.2 Å². The number of carbonyl (C=O) groups is 1. The van der Waals surface area contributed by atoms with Gasteiger partial charge >= 0.3 is 0 Å². The fourth-order valence-electron chi connectivity index (χ4n) is 1.70. The summed E-state index contributed by atoms with van der Waals surface area (Å²) in [7, 11) is 0. The minimum atomic E-state index is -0.0934. The molecule has 1 aromatic carbocycles. The SMILES string of the molecule is Cc1csc(CCCNC(=O)COc2ccccc2)n1. The van der Waals surface area contributed by atoms with Crippen LogP contribution < -0.4 is 10.1 Å². The molecule has 2 aromatic rings. The molecule has 0 saturated carbocycles. The third kappa shape index (κ3) is 5.01. The van der Waals surface area contributed by atoms with Crippen LogP contribution in [0.3, 0.4) is 0 Å². The summed E-state index contributed by atoms with van der Waals surface area (Å²) in [6.07, 6.45) is 1.79. The number of hydrogen-bond acceptors (Lipinski definition) is 4. The Balaban J connectivity index is 1.58. The Labute approximate surface area is 122 Å². The molecule has 0 spiro atoms. The highest BCUT2D eigenvalue weighted by molar-refractivity contribution is 7.09. The van der Waals surface area contributed by atoms with Gasteiger partial charge in [0.1, 0.15) is 5.75 Å². The van der Waals surface area contributed by atoms with Crippen LogP contribution in [-0.2, 0) is 11.2 Å². The van der Waals surface area contributed by atoms with Gasteiger partial charge in [-0.2, -0.15) is 0 Å². The lowest BCUT2D eigenvalue weighted by Gasteiger charge is -2.06. The van der Waals surface area contributed by atoms with E-state index in [-0.39, 0.29) is 12.5 Å². The number of benzene rings is 1. The summed E-state index contributed by atoms with van der Waals surface area (Å²) in [4.78, 5) is 16.0. The van der Waals surface area contributed by atoms with E-state index in [1.165, 1.54) is 0 Å². The van der Waals surface area contributed by atoms with Crippen LogP contribution >= 0.6 is 11.3 Å². The number of nitrogens with zero attached hydrogens (tertiary/aromatic N) is 1. The average Bonchev–Trinajstić information content (AvgIpc) is 2.88. The van der Waals surface area contributed by atoms with Gasteiger partial charge in [-0.15, -0.1) is 11.3 Å². The number of para-hydroxylation sites is 1. The van der Waals surface area contributed by atoms with Crippen molar-refractivity contribution < 1.29 is 9.53 Å². The van der Waals surface area contributed by atoms with E-state index in [1.54, 1.807) is 11.3 Å². The van der Waals surface area contributed by atoms with E-state index >= 15 is 0 Å². The summed E-state index contributed by atoms with van der Waals surface area (Å²) in [5.74, 6) is 0.616. The quantitative estimate of drug-likeness (QED) is 0.797. The van der Waals surface area contributed by atoms with Crippen molar-refractivity contribution in [2.45, 2.75) is 19.8 Å². The number of ether oxygens (including phenoxy) is 1. The lowest BCUT2D eigenvalue weighted by atomic mass is 10.3. The third-order valence-electron chi connectivity index (χ3n) is 2.67. The number of carbonyl (C=O) groups excluding carboxylic acids is 1. The lowest BCUT2D eigenvalue weighted by Crippen LogP contribution is -2.29. The minimum absolute atomic E-state index is 0.0559.